The van der Waals surface area contributed by atoms with Crippen molar-refractivity contribution in [2.45, 2.75) is 57.1 Å². The van der Waals surface area contributed by atoms with Gasteiger partial charge in [-0.15, -0.1) is 0 Å². The summed E-state index contributed by atoms with van der Waals surface area (Å²) in [6, 6.07) is 16.0. The highest BCUT2D eigenvalue weighted by atomic mass is 16.6. The van der Waals surface area contributed by atoms with Crippen LogP contribution in [0.25, 0.3) is 11.1 Å². The number of carbonyl (C=O) groups excluding carboxylic acids is 2. The molecule has 2 aliphatic rings. The molecular weight excluding hydrogens is 420 g/mol. The molecule has 1 aliphatic carbocycles. The van der Waals surface area contributed by atoms with Crippen LogP contribution in [0.4, 0.5) is 4.79 Å². The molecule has 0 aromatic heterocycles. The van der Waals surface area contributed by atoms with Crippen LogP contribution in [-0.4, -0.2) is 52.2 Å². The average molecular weight is 451 g/mol. The largest absolute Gasteiger partial charge is 0.480 e. The standard InChI is InChI=1S/C26H30N2O5/c1-25(2,3)33-24(32)28-14-12-26(13-15-28,23(30)31)27-22(29)16-21-19-10-6-4-8-17(19)18-9-5-7-11-20(18)21/h4-11,21H,12-16H2,1-3H3,(H,27,29)(H,30,31). The number of likely N-dealkylation sites (tertiary alicyclic amines) is 1. The minimum atomic E-state index is -1.40. The number of amides is 2. The van der Waals surface area contributed by atoms with Crippen LogP contribution >= 0.6 is 0 Å². The van der Waals surface area contributed by atoms with Gasteiger partial charge in [0, 0.05) is 25.4 Å². The van der Waals surface area contributed by atoms with Crippen molar-refractivity contribution >= 4 is 18.0 Å². The Labute approximate surface area is 193 Å². The summed E-state index contributed by atoms with van der Waals surface area (Å²) in [7, 11) is 0. The molecule has 4 rings (SSSR count). The van der Waals surface area contributed by atoms with Crippen LogP contribution in [0.2, 0.25) is 0 Å². The summed E-state index contributed by atoms with van der Waals surface area (Å²) in [4.78, 5) is 39.2. The molecule has 0 saturated carbocycles. The van der Waals surface area contributed by atoms with Crippen molar-refractivity contribution in [3.8, 4) is 11.1 Å². The van der Waals surface area contributed by atoms with Crippen LogP contribution in [0.15, 0.2) is 48.5 Å². The van der Waals surface area contributed by atoms with E-state index in [1.165, 1.54) is 4.90 Å². The third-order valence-electron chi connectivity index (χ3n) is 6.41. The van der Waals surface area contributed by atoms with Gasteiger partial charge in [-0.3, -0.25) is 4.79 Å². The van der Waals surface area contributed by atoms with Crippen LogP contribution in [0.1, 0.15) is 57.1 Å². The highest BCUT2D eigenvalue weighted by Crippen LogP contribution is 2.46. The van der Waals surface area contributed by atoms with E-state index in [-0.39, 0.29) is 44.2 Å². The van der Waals surface area contributed by atoms with Crippen molar-refractivity contribution in [3.05, 3.63) is 59.7 Å². The highest BCUT2D eigenvalue weighted by molar-refractivity contribution is 5.89. The van der Waals surface area contributed by atoms with Gasteiger partial charge in [-0.05, 0) is 55.9 Å². The van der Waals surface area contributed by atoms with E-state index >= 15 is 0 Å². The van der Waals surface area contributed by atoms with E-state index in [1.54, 1.807) is 20.8 Å². The van der Waals surface area contributed by atoms with E-state index in [2.05, 4.69) is 17.4 Å². The Morgan fingerprint density at radius 2 is 1.52 bits per heavy atom. The number of nitrogens with one attached hydrogen (secondary N) is 1. The molecule has 1 saturated heterocycles. The molecule has 1 heterocycles. The topological polar surface area (TPSA) is 95.9 Å². The van der Waals surface area contributed by atoms with E-state index in [4.69, 9.17) is 4.74 Å². The molecule has 7 nitrogen and oxygen atoms in total. The maximum absolute atomic E-state index is 13.1. The minimum Gasteiger partial charge on any atom is -0.480 e. The van der Waals surface area contributed by atoms with Gasteiger partial charge in [0.25, 0.3) is 0 Å². The molecular formula is C26H30N2O5. The Morgan fingerprint density at radius 3 is 2.00 bits per heavy atom. The van der Waals surface area contributed by atoms with Gasteiger partial charge >= 0.3 is 12.1 Å². The van der Waals surface area contributed by atoms with E-state index in [0.29, 0.717) is 0 Å². The first kappa shape index (κ1) is 22.8. The molecule has 0 unspecified atom stereocenters. The smallest absolute Gasteiger partial charge is 0.410 e. The summed E-state index contributed by atoms with van der Waals surface area (Å²) in [5, 5.41) is 12.8. The number of carboxylic acid groups (broad SMARTS) is 1. The number of benzene rings is 2. The quantitative estimate of drug-likeness (QED) is 0.729. The highest BCUT2D eigenvalue weighted by Gasteiger charge is 2.45. The molecule has 1 fully saturated rings. The second-order valence-corrected chi connectivity index (χ2v) is 9.83. The number of hydrogen-bond donors (Lipinski definition) is 2. The third kappa shape index (κ3) is 4.58. The minimum absolute atomic E-state index is 0.120. The fourth-order valence-electron chi connectivity index (χ4n) is 4.77. The normalized spacial score (nSPS) is 17.1. The van der Waals surface area contributed by atoms with Gasteiger partial charge < -0.3 is 20.1 Å². The lowest BCUT2D eigenvalue weighted by atomic mass is 9.86. The number of fused-ring (bicyclic) bond motifs is 3. The Kier molecular flexibility index (Phi) is 5.91. The van der Waals surface area contributed by atoms with Gasteiger partial charge in [0.1, 0.15) is 11.1 Å². The lowest BCUT2D eigenvalue weighted by Crippen LogP contribution is -2.61. The van der Waals surface area contributed by atoms with Crippen molar-refractivity contribution in [2.75, 3.05) is 13.1 Å². The maximum Gasteiger partial charge on any atom is 0.410 e. The second-order valence-electron chi connectivity index (χ2n) is 9.83. The lowest BCUT2D eigenvalue weighted by molar-refractivity contribution is -0.150. The number of rotatable bonds is 4. The van der Waals surface area contributed by atoms with Crippen molar-refractivity contribution in [3.63, 3.8) is 0 Å². The Morgan fingerprint density at radius 1 is 1.00 bits per heavy atom. The first-order valence-electron chi connectivity index (χ1n) is 11.3. The van der Waals surface area contributed by atoms with Crippen LogP contribution in [-0.2, 0) is 14.3 Å². The summed E-state index contributed by atoms with van der Waals surface area (Å²) >= 11 is 0. The molecule has 0 radical (unpaired) electrons. The number of piperidine rings is 1. The maximum atomic E-state index is 13.1. The SMILES string of the molecule is CC(C)(C)OC(=O)N1CCC(NC(=O)CC2c3ccccc3-c3ccccc32)(C(=O)O)CC1. The molecule has 33 heavy (non-hydrogen) atoms. The van der Waals surface area contributed by atoms with Gasteiger partial charge in [-0.1, -0.05) is 48.5 Å². The second kappa shape index (κ2) is 8.54. The van der Waals surface area contributed by atoms with Crippen molar-refractivity contribution in [1.29, 1.82) is 0 Å². The zero-order chi connectivity index (χ0) is 23.8. The zero-order valence-corrected chi connectivity index (χ0v) is 19.3. The number of carbonyl (C=O) groups is 3. The molecule has 2 N–H and O–H groups in total. The van der Waals surface area contributed by atoms with E-state index < -0.39 is 23.2 Å². The average Bonchev–Trinajstić information content (AvgIpc) is 3.07. The monoisotopic (exact) mass is 450 g/mol. The molecule has 174 valence electrons. The fraction of sp³-hybridized carbons (Fsp3) is 0.423. The van der Waals surface area contributed by atoms with Crippen LogP contribution in [0, 0.1) is 0 Å². The molecule has 0 atom stereocenters. The molecule has 2 aromatic carbocycles. The fourth-order valence-corrected chi connectivity index (χ4v) is 4.77. The first-order valence-corrected chi connectivity index (χ1v) is 11.3. The van der Waals surface area contributed by atoms with E-state index in [1.807, 2.05) is 36.4 Å². The predicted octanol–water partition coefficient (Wildman–Crippen LogP) is 4.16. The summed E-state index contributed by atoms with van der Waals surface area (Å²) in [5.41, 5.74) is 2.37. The molecule has 0 bridgehead atoms. The summed E-state index contributed by atoms with van der Waals surface area (Å²) in [6.45, 7) is 5.77. The van der Waals surface area contributed by atoms with Gasteiger partial charge in [0.15, 0.2) is 0 Å². The lowest BCUT2D eigenvalue weighted by Gasteiger charge is -2.39. The summed E-state index contributed by atoms with van der Waals surface area (Å²) in [5.74, 6) is -1.50. The number of nitrogens with zero attached hydrogens (tertiary/aromatic N) is 1. The van der Waals surface area contributed by atoms with Gasteiger partial charge in [0.2, 0.25) is 5.91 Å². The Hall–Kier alpha value is -3.35. The van der Waals surface area contributed by atoms with E-state index in [0.717, 1.165) is 22.3 Å². The first-order chi connectivity index (χ1) is 15.6. The summed E-state index contributed by atoms with van der Waals surface area (Å²) < 4.78 is 5.39. The number of aliphatic carboxylic acids is 1. The number of carboxylic acids is 1. The van der Waals surface area contributed by atoms with Crippen molar-refractivity contribution < 1.29 is 24.2 Å². The van der Waals surface area contributed by atoms with Gasteiger partial charge in [0.05, 0.1) is 0 Å². The number of ether oxygens (including phenoxy) is 1. The van der Waals surface area contributed by atoms with Crippen LogP contribution < -0.4 is 5.32 Å². The van der Waals surface area contributed by atoms with Crippen molar-refractivity contribution in [1.82, 2.24) is 10.2 Å². The molecule has 1 aliphatic heterocycles. The molecule has 7 heteroatoms. The van der Waals surface area contributed by atoms with Gasteiger partial charge in [-0.25, -0.2) is 9.59 Å². The Bertz CT molecular complexity index is 1030. The number of hydrogen-bond acceptors (Lipinski definition) is 4. The zero-order valence-electron chi connectivity index (χ0n) is 19.3. The Balaban J connectivity index is 1.46. The van der Waals surface area contributed by atoms with Crippen LogP contribution in [0.3, 0.4) is 0 Å². The van der Waals surface area contributed by atoms with Gasteiger partial charge in [-0.2, -0.15) is 0 Å². The van der Waals surface area contributed by atoms with Crippen LogP contribution in [0.5, 0.6) is 0 Å². The molecule has 2 amide bonds. The third-order valence-corrected chi connectivity index (χ3v) is 6.41. The predicted molar refractivity (Wildman–Crippen MR) is 124 cm³/mol. The molecule has 0 spiro atoms. The molecule has 2 aromatic rings. The summed E-state index contributed by atoms with van der Waals surface area (Å²) in [6.07, 6.45) is -0.0400. The van der Waals surface area contributed by atoms with Crippen molar-refractivity contribution in [2.24, 2.45) is 0 Å². The van der Waals surface area contributed by atoms with E-state index in [9.17, 15) is 19.5 Å².